The summed E-state index contributed by atoms with van der Waals surface area (Å²) in [5, 5.41) is 4.18. The summed E-state index contributed by atoms with van der Waals surface area (Å²) in [6.45, 7) is 8.00. The molecule has 0 saturated carbocycles. The molecule has 0 unspecified atom stereocenters. The van der Waals surface area contributed by atoms with Gasteiger partial charge in [0.2, 0.25) is 11.8 Å². The summed E-state index contributed by atoms with van der Waals surface area (Å²) in [7, 11) is 1.86. The van der Waals surface area contributed by atoms with Gasteiger partial charge in [-0.3, -0.25) is 19.2 Å². The number of aryl methyl sites for hydroxylation is 1. The highest BCUT2D eigenvalue weighted by atomic mass is 16.5. The molecule has 2 aliphatic heterocycles. The van der Waals surface area contributed by atoms with E-state index in [1.54, 1.807) is 10.9 Å². The summed E-state index contributed by atoms with van der Waals surface area (Å²) in [5.41, 5.74) is 0.867. The van der Waals surface area contributed by atoms with Gasteiger partial charge in [-0.1, -0.05) is 0 Å². The van der Waals surface area contributed by atoms with Crippen LogP contribution in [0.25, 0.3) is 0 Å². The summed E-state index contributed by atoms with van der Waals surface area (Å²) in [5.74, 6) is 0.293. The average molecular weight is 377 g/mol. The molecule has 3 heterocycles. The third-order valence-electron chi connectivity index (χ3n) is 5.29. The largest absolute Gasteiger partial charge is 0.378 e. The number of ether oxygens (including phenoxy) is 1. The second-order valence-corrected chi connectivity index (χ2v) is 7.61. The first-order chi connectivity index (χ1) is 13.0. The molecule has 1 aromatic heterocycles. The van der Waals surface area contributed by atoms with Gasteiger partial charge in [0, 0.05) is 46.0 Å². The molecular formula is C19H31N5O3. The predicted molar refractivity (Wildman–Crippen MR) is 102 cm³/mol. The van der Waals surface area contributed by atoms with Crippen molar-refractivity contribution in [3.05, 3.63) is 12.4 Å². The molecule has 0 aliphatic carbocycles. The lowest BCUT2D eigenvalue weighted by molar-refractivity contribution is -0.135. The number of piperidine rings is 1. The summed E-state index contributed by atoms with van der Waals surface area (Å²) >= 11 is 0. The molecule has 0 bridgehead atoms. The summed E-state index contributed by atoms with van der Waals surface area (Å²) in [6, 6.07) is -0.0968. The Hall–Kier alpha value is -1.93. The fourth-order valence-electron chi connectivity index (χ4n) is 3.82. The Morgan fingerprint density at radius 3 is 2.63 bits per heavy atom. The van der Waals surface area contributed by atoms with Gasteiger partial charge in [-0.2, -0.15) is 5.10 Å². The molecule has 0 aromatic carbocycles. The third kappa shape index (κ3) is 4.87. The monoisotopic (exact) mass is 377 g/mol. The highest BCUT2D eigenvalue weighted by Crippen LogP contribution is 2.24. The van der Waals surface area contributed by atoms with Crippen LogP contribution in [0.2, 0.25) is 0 Å². The van der Waals surface area contributed by atoms with Crippen molar-refractivity contribution in [3.8, 4) is 0 Å². The van der Waals surface area contributed by atoms with Gasteiger partial charge in [0.25, 0.3) is 0 Å². The number of piperazine rings is 1. The average Bonchev–Trinajstić information content (AvgIpc) is 3.08. The Bertz CT molecular complexity index is 652. The fraction of sp³-hybridized carbons (Fsp3) is 0.737. The summed E-state index contributed by atoms with van der Waals surface area (Å²) in [4.78, 5) is 31.3. The van der Waals surface area contributed by atoms with E-state index in [-0.39, 0.29) is 24.0 Å². The number of nitrogens with zero attached hydrogens (tertiary/aromatic N) is 5. The maximum Gasteiger partial charge on any atom is 0.244 e. The first-order valence-electron chi connectivity index (χ1n) is 9.89. The SMILES string of the molecule is CC(C)OCCC(=O)N1CCN([C@H]2CCCN(c3cnn(C)c3)C2=O)CC1. The third-order valence-corrected chi connectivity index (χ3v) is 5.29. The number of hydrogen-bond donors (Lipinski definition) is 0. The minimum Gasteiger partial charge on any atom is -0.378 e. The van der Waals surface area contributed by atoms with Crippen LogP contribution in [0, 0.1) is 0 Å². The maximum atomic E-state index is 13.0. The van der Waals surface area contributed by atoms with Crippen molar-refractivity contribution in [1.82, 2.24) is 19.6 Å². The standard InChI is InChI=1S/C19H31N5O3/c1-15(2)27-12-6-18(25)23-10-8-22(9-11-23)17-5-4-7-24(19(17)26)16-13-20-21(3)14-16/h13-15,17H,4-12H2,1-3H3/t17-/m0/s1. The van der Waals surface area contributed by atoms with Crippen molar-refractivity contribution in [2.75, 3.05) is 44.2 Å². The van der Waals surface area contributed by atoms with Gasteiger partial charge in [0.05, 0.1) is 37.1 Å². The quantitative estimate of drug-likeness (QED) is 0.736. The van der Waals surface area contributed by atoms with E-state index in [1.165, 1.54) is 0 Å². The van der Waals surface area contributed by atoms with E-state index in [1.807, 2.05) is 36.9 Å². The van der Waals surface area contributed by atoms with Crippen molar-refractivity contribution in [3.63, 3.8) is 0 Å². The number of hydrogen-bond acceptors (Lipinski definition) is 5. The Morgan fingerprint density at radius 2 is 2.00 bits per heavy atom. The highest BCUT2D eigenvalue weighted by molar-refractivity contribution is 5.97. The number of amides is 2. The van der Waals surface area contributed by atoms with Gasteiger partial charge in [-0.25, -0.2) is 0 Å². The van der Waals surface area contributed by atoms with Crippen molar-refractivity contribution < 1.29 is 14.3 Å². The molecule has 2 amide bonds. The number of anilines is 1. The maximum absolute atomic E-state index is 13.0. The van der Waals surface area contributed by atoms with Crippen molar-refractivity contribution >= 4 is 17.5 Å². The van der Waals surface area contributed by atoms with Gasteiger partial charge in [-0.05, 0) is 26.7 Å². The number of rotatable bonds is 6. The Labute approximate surface area is 161 Å². The van der Waals surface area contributed by atoms with E-state index in [2.05, 4.69) is 10.00 Å². The molecule has 0 spiro atoms. The first-order valence-corrected chi connectivity index (χ1v) is 9.89. The van der Waals surface area contributed by atoms with Crippen LogP contribution in [0.1, 0.15) is 33.1 Å². The van der Waals surface area contributed by atoms with Crippen LogP contribution in [0.15, 0.2) is 12.4 Å². The molecule has 1 atom stereocenters. The van der Waals surface area contributed by atoms with Gasteiger partial charge in [0.15, 0.2) is 0 Å². The Kier molecular flexibility index (Phi) is 6.49. The molecule has 0 N–H and O–H groups in total. The zero-order valence-electron chi connectivity index (χ0n) is 16.6. The summed E-state index contributed by atoms with van der Waals surface area (Å²) in [6.07, 6.45) is 6.07. The molecular weight excluding hydrogens is 346 g/mol. The van der Waals surface area contributed by atoms with Crippen LogP contribution in [-0.2, 0) is 21.4 Å². The molecule has 2 aliphatic rings. The summed E-state index contributed by atoms with van der Waals surface area (Å²) < 4.78 is 7.20. The molecule has 27 heavy (non-hydrogen) atoms. The Balaban J connectivity index is 1.51. The smallest absolute Gasteiger partial charge is 0.244 e. The van der Waals surface area contributed by atoms with Crippen LogP contribution in [0.5, 0.6) is 0 Å². The first kappa shape index (κ1) is 19.8. The van der Waals surface area contributed by atoms with Crippen LogP contribution >= 0.6 is 0 Å². The zero-order valence-corrected chi connectivity index (χ0v) is 16.6. The van der Waals surface area contributed by atoms with Crippen molar-refractivity contribution in [2.24, 2.45) is 7.05 Å². The fourth-order valence-corrected chi connectivity index (χ4v) is 3.82. The van der Waals surface area contributed by atoms with E-state index >= 15 is 0 Å². The number of carbonyl (C=O) groups is 2. The molecule has 150 valence electrons. The van der Waals surface area contributed by atoms with Crippen LogP contribution in [0.3, 0.4) is 0 Å². The van der Waals surface area contributed by atoms with E-state index in [9.17, 15) is 9.59 Å². The minimum absolute atomic E-state index is 0.0968. The highest BCUT2D eigenvalue weighted by Gasteiger charge is 2.36. The van der Waals surface area contributed by atoms with Gasteiger partial charge < -0.3 is 14.5 Å². The number of aromatic nitrogens is 2. The van der Waals surface area contributed by atoms with E-state index in [4.69, 9.17) is 4.74 Å². The van der Waals surface area contributed by atoms with Crippen LogP contribution < -0.4 is 4.90 Å². The van der Waals surface area contributed by atoms with E-state index in [0.29, 0.717) is 26.1 Å². The zero-order chi connectivity index (χ0) is 19.4. The minimum atomic E-state index is -0.0968. The van der Waals surface area contributed by atoms with Crippen molar-refractivity contribution in [2.45, 2.75) is 45.3 Å². The molecule has 8 nitrogen and oxygen atoms in total. The topological polar surface area (TPSA) is 70.9 Å². The Morgan fingerprint density at radius 1 is 1.26 bits per heavy atom. The molecule has 0 radical (unpaired) electrons. The molecule has 1 aromatic rings. The van der Waals surface area contributed by atoms with Gasteiger partial charge in [-0.15, -0.1) is 0 Å². The van der Waals surface area contributed by atoms with Gasteiger partial charge >= 0.3 is 0 Å². The molecule has 8 heteroatoms. The van der Waals surface area contributed by atoms with E-state index < -0.39 is 0 Å². The lowest BCUT2D eigenvalue weighted by atomic mass is 10.0. The van der Waals surface area contributed by atoms with Crippen LogP contribution in [-0.4, -0.2) is 82.9 Å². The lowest BCUT2D eigenvalue weighted by Crippen LogP contribution is -2.58. The molecule has 2 saturated heterocycles. The molecule has 2 fully saturated rings. The van der Waals surface area contributed by atoms with Crippen molar-refractivity contribution in [1.29, 1.82) is 0 Å². The van der Waals surface area contributed by atoms with E-state index in [0.717, 1.165) is 38.2 Å². The second kappa shape index (κ2) is 8.84. The second-order valence-electron chi connectivity index (χ2n) is 7.61. The lowest BCUT2D eigenvalue weighted by Gasteiger charge is -2.42. The number of carbonyl (C=O) groups excluding carboxylic acids is 2. The normalized spacial score (nSPS) is 21.9. The predicted octanol–water partition coefficient (Wildman–Crippen LogP) is 0.875. The van der Waals surface area contributed by atoms with Crippen LogP contribution in [0.4, 0.5) is 5.69 Å². The molecule has 3 rings (SSSR count). The van der Waals surface area contributed by atoms with Gasteiger partial charge in [0.1, 0.15) is 0 Å².